The minimum Gasteiger partial charge on any atom is -0.326 e. The van der Waals surface area contributed by atoms with Crippen LogP contribution in [-0.2, 0) is 11.2 Å². The average molecular weight is 274 g/mol. The maximum atomic E-state index is 11.7. The Morgan fingerprint density at radius 2 is 1.68 bits per heavy atom. The highest BCUT2D eigenvalue weighted by Crippen LogP contribution is 2.14. The summed E-state index contributed by atoms with van der Waals surface area (Å²) < 4.78 is 0. The molecule has 2 rings (SSSR count). The van der Waals surface area contributed by atoms with Gasteiger partial charge in [-0.2, -0.15) is 0 Å². The second-order valence-corrected chi connectivity index (χ2v) is 4.83. The number of hydrogen-bond acceptors (Lipinski definition) is 1. The third kappa shape index (κ3) is 4.76. The molecule has 2 nitrogen and oxygen atoms in total. The molecule has 0 unspecified atom stereocenters. The number of rotatable bonds is 5. The summed E-state index contributed by atoms with van der Waals surface area (Å²) in [7, 11) is 0. The van der Waals surface area contributed by atoms with E-state index in [-0.39, 0.29) is 5.91 Å². The number of amides is 1. The van der Waals surface area contributed by atoms with E-state index in [1.807, 2.05) is 18.2 Å². The Bertz CT molecular complexity index is 522. The normalized spacial score (nSPS) is 10.2. The number of benzene rings is 2. The van der Waals surface area contributed by atoms with Crippen LogP contribution in [0.5, 0.6) is 0 Å². The van der Waals surface area contributed by atoms with Gasteiger partial charge in [-0.15, -0.1) is 0 Å². The SMILES string of the molecule is O=C(CCCc1ccccc1)Nc1ccc(Cl)cc1. The standard InChI is InChI=1S/C16H16ClNO/c17-14-9-11-15(12-10-14)18-16(19)8-4-7-13-5-2-1-3-6-13/h1-3,5-6,9-12H,4,7-8H2,(H,18,19). The molecule has 0 radical (unpaired) electrons. The molecule has 0 aromatic heterocycles. The van der Waals surface area contributed by atoms with Crippen molar-refractivity contribution >= 4 is 23.2 Å². The summed E-state index contributed by atoms with van der Waals surface area (Å²) >= 11 is 5.79. The highest BCUT2D eigenvalue weighted by Gasteiger charge is 2.02. The average Bonchev–Trinajstić information content (AvgIpc) is 2.43. The molecule has 0 aliphatic carbocycles. The summed E-state index contributed by atoms with van der Waals surface area (Å²) in [6.07, 6.45) is 2.30. The van der Waals surface area contributed by atoms with Crippen molar-refractivity contribution < 1.29 is 4.79 Å². The lowest BCUT2D eigenvalue weighted by Gasteiger charge is -2.05. The summed E-state index contributed by atoms with van der Waals surface area (Å²) in [5.41, 5.74) is 2.05. The fourth-order valence-electron chi connectivity index (χ4n) is 1.85. The number of carbonyl (C=O) groups is 1. The molecule has 0 spiro atoms. The highest BCUT2D eigenvalue weighted by molar-refractivity contribution is 6.30. The van der Waals surface area contributed by atoms with E-state index in [9.17, 15) is 4.79 Å². The predicted molar refractivity (Wildman–Crippen MR) is 79.5 cm³/mol. The third-order valence-electron chi connectivity index (χ3n) is 2.84. The van der Waals surface area contributed by atoms with Gasteiger partial charge < -0.3 is 5.32 Å². The zero-order chi connectivity index (χ0) is 13.5. The van der Waals surface area contributed by atoms with Gasteiger partial charge in [0.2, 0.25) is 5.91 Å². The molecule has 0 fully saturated rings. The molecule has 0 saturated heterocycles. The number of halogens is 1. The van der Waals surface area contributed by atoms with Gasteiger partial charge in [0, 0.05) is 17.1 Å². The Morgan fingerprint density at radius 1 is 1.00 bits per heavy atom. The molecule has 0 bridgehead atoms. The maximum Gasteiger partial charge on any atom is 0.224 e. The summed E-state index contributed by atoms with van der Waals surface area (Å²) in [5, 5.41) is 3.53. The van der Waals surface area contributed by atoms with Crippen molar-refractivity contribution in [2.75, 3.05) is 5.32 Å². The van der Waals surface area contributed by atoms with Crippen LogP contribution in [0, 0.1) is 0 Å². The molecule has 1 amide bonds. The molecule has 3 heteroatoms. The van der Waals surface area contributed by atoms with Gasteiger partial charge in [-0.1, -0.05) is 41.9 Å². The van der Waals surface area contributed by atoms with E-state index in [2.05, 4.69) is 17.4 Å². The first-order valence-electron chi connectivity index (χ1n) is 6.33. The Morgan fingerprint density at radius 3 is 2.37 bits per heavy atom. The molecular weight excluding hydrogens is 258 g/mol. The van der Waals surface area contributed by atoms with Gasteiger partial charge in [0.25, 0.3) is 0 Å². The molecule has 0 aliphatic heterocycles. The van der Waals surface area contributed by atoms with Crippen LogP contribution in [0.4, 0.5) is 5.69 Å². The first kappa shape index (κ1) is 13.6. The molecule has 2 aromatic rings. The maximum absolute atomic E-state index is 11.7. The number of carbonyl (C=O) groups excluding carboxylic acids is 1. The minimum atomic E-state index is 0.0400. The van der Waals surface area contributed by atoms with Gasteiger partial charge in [-0.3, -0.25) is 4.79 Å². The van der Waals surface area contributed by atoms with Crippen LogP contribution < -0.4 is 5.32 Å². The van der Waals surface area contributed by atoms with E-state index in [0.29, 0.717) is 11.4 Å². The molecule has 0 saturated carbocycles. The predicted octanol–water partition coefficient (Wildman–Crippen LogP) is 4.30. The van der Waals surface area contributed by atoms with Crippen LogP contribution in [0.2, 0.25) is 5.02 Å². The molecule has 19 heavy (non-hydrogen) atoms. The molecule has 98 valence electrons. The van der Waals surface area contributed by atoms with Crippen molar-refractivity contribution in [1.29, 1.82) is 0 Å². The first-order valence-corrected chi connectivity index (χ1v) is 6.71. The summed E-state index contributed by atoms with van der Waals surface area (Å²) in [5.74, 6) is 0.0400. The van der Waals surface area contributed by atoms with Gasteiger partial charge >= 0.3 is 0 Å². The zero-order valence-electron chi connectivity index (χ0n) is 10.6. The van der Waals surface area contributed by atoms with E-state index >= 15 is 0 Å². The van der Waals surface area contributed by atoms with E-state index in [1.165, 1.54) is 5.56 Å². The summed E-state index contributed by atoms with van der Waals surface area (Å²) in [6.45, 7) is 0. The van der Waals surface area contributed by atoms with Gasteiger partial charge in [-0.25, -0.2) is 0 Å². The van der Waals surface area contributed by atoms with Crippen molar-refractivity contribution in [3.63, 3.8) is 0 Å². The number of hydrogen-bond donors (Lipinski definition) is 1. The topological polar surface area (TPSA) is 29.1 Å². The smallest absolute Gasteiger partial charge is 0.224 e. The van der Waals surface area contributed by atoms with Crippen LogP contribution in [0.15, 0.2) is 54.6 Å². The number of nitrogens with one attached hydrogen (secondary N) is 1. The van der Waals surface area contributed by atoms with Crippen LogP contribution in [0.3, 0.4) is 0 Å². The lowest BCUT2D eigenvalue weighted by atomic mass is 10.1. The Balaban J connectivity index is 1.74. The van der Waals surface area contributed by atoms with E-state index < -0.39 is 0 Å². The van der Waals surface area contributed by atoms with Crippen LogP contribution in [0.25, 0.3) is 0 Å². The molecule has 1 N–H and O–H groups in total. The molecule has 0 aliphatic rings. The summed E-state index contributed by atoms with van der Waals surface area (Å²) in [4.78, 5) is 11.7. The molecule has 2 aromatic carbocycles. The van der Waals surface area contributed by atoms with Crippen molar-refractivity contribution in [2.24, 2.45) is 0 Å². The fraction of sp³-hybridized carbons (Fsp3) is 0.188. The second kappa shape index (κ2) is 6.95. The Hall–Kier alpha value is -1.80. The van der Waals surface area contributed by atoms with E-state index in [0.717, 1.165) is 18.5 Å². The monoisotopic (exact) mass is 273 g/mol. The van der Waals surface area contributed by atoms with Gasteiger partial charge in [-0.05, 0) is 42.7 Å². The number of anilines is 1. The lowest BCUT2D eigenvalue weighted by molar-refractivity contribution is -0.116. The van der Waals surface area contributed by atoms with Crippen molar-refractivity contribution in [1.82, 2.24) is 0 Å². The van der Waals surface area contributed by atoms with Crippen molar-refractivity contribution in [2.45, 2.75) is 19.3 Å². The van der Waals surface area contributed by atoms with Crippen LogP contribution in [-0.4, -0.2) is 5.91 Å². The molecular formula is C16H16ClNO. The third-order valence-corrected chi connectivity index (χ3v) is 3.09. The highest BCUT2D eigenvalue weighted by atomic mass is 35.5. The quantitative estimate of drug-likeness (QED) is 0.864. The van der Waals surface area contributed by atoms with Gasteiger partial charge in [0.05, 0.1) is 0 Å². The minimum absolute atomic E-state index is 0.0400. The lowest BCUT2D eigenvalue weighted by Crippen LogP contribution is -2.11. The van der Waals surface area contributed by atoms with Crippen molar-refractivity contribution in [3.8, 4) is 0 Å². The largest absolute Gasteiger partial charge is 0.326 e. The first-order chi connectivity index (χ1) is 9.24. The molecule has 0 heterocycles. The van der Waals surface area contributed by atoms with Gasteiger partial charge in [0.1, 0.15) is 0 Å². The fourth-order valence-corrected chi connectivity index (χ4v) is 1.98. The Labute approximate surface area is 118 Å². The summed E-state index contributed by atoms with van der Waals surface area (Å²) in [6, 6.07) is 17.3. The molecule has 0 atom stereocenters. The zero-order valence-corrected chi connectivity index (χ0v) is 11.4. The second-order valence-electron chi connectivity index (χ2n) is 4.39. The van der Waals surface area contributed by atoms with Gasteiger partial charge in [0.15, 0.2) is 0 Å². The van der Waals surface area contributed by atoms with E-state index in [1.54, 1.807) is 24.3 Å². The van der Waals surface area contributed by atoms with Crippen LogP contribution in [0.1, 0.15) is 18.4 Å². The van der Waals surface area contributed by atoms with Crippen LogP contribution >= 0.6 is 11.6 Å². The van der Waals surface area contributed by atoms with Crippen molar-refractivity contribution in [3.05, 3.63) is 65.2 Å². The van der Waals surface area contributed by atoms with E-state index in [4.69, 9.17) is 11.6 Å². The Kier molecular flexibility index (Phi) is 4.99. The number of aryl methyl sites for hydroxylation is 1.